The van der Waals surface area contributed by atoms with Crippen LogP contribution in [0.2, 0.25) is 0 Å². The smallest absolute Gasteiger partial charge is 0.279 e. The van der Waals surface area contributed by atoms with Gasteiger partial charge in [0.2, 0.25) is 0 Å². The number of para-hydroxylation sites is 1. The Morgan fingerprint density at radius 3 is 2.68 bits per heavy atom. The molecule has 28 heavy (non-hydrogen) atoms. The highest BCUT2D eigenvalue weighted by Gasteiger charge is 2.33. The van der Waals surface area contributed by atoms with E-state index in [1.54, 1.807) is 17.3 Å². The Bertz CT molecular complexity index is 1040. The Morgan fingerprint density at radius 2 is 1.86 bits per heavy atom. The summed E-state index contributed by atoms with van der Waals surface area (Å²) >= 11 is 0. The summed E-state index contributed by atoms with van der Waals surface area (Å²) in [4.78, 5) is 14.5. The van der Waals surface area contributed by atoms with Gasteiger partial charge in [0.05, 0.1) is 24.6 Å². The Hall–Kier alpha value is -3.54. The van der Waals surface area contributed by atoms with Gasteiger partial charge in [-0.3, -0.25) is 9.48 Å². The number of amides is 1. The van der Waals surface area contributed by atoms with E-state index in [0.29, 0.717) is 18.8 Å². The first-order valence-corrected chi connectivity index (χ1v) is 9.35. The van der Waals surface area contributed by atoms with Crippen molar-refractivity contribution in [2.24, 2.45) is 10.2 Å². The molecule has 1 aliphatic heterocycles. The van der Waals surface area contributed by atoms with Crippen LogP contribution in [0.25, 0.3) is 0 Å². The lowest BCUT2D eigenvalue weighted by atomic mass is 10.1. The van der Waals surface area contributed by atoms with Crippen LogP contribution in [-0.4, -0.2) is 34.2 Å². The molecule has 0 atom stereocenters. The molecule has 0 fully saturated rings. The molecule has 140 valence electrons. The van der Waals surface area contributed by atoms with Crippen LogP contribution < -0.4 is 4.90 Å². The second kappa shape index (κ2) is 8.00. The number of fused-ring (bicyclic) bond motifs is 1. The van der Waals surface area contributed by atoms with Gasteiger partial charge >= 0.3 is 0 Å². The van der Waals surface area contributed by atoms with Crippen molar-refractivity contribution in [3.63, 3.8) is 0 Å². The van der Waals surface area contributed by atoms with E-state index in [-0.39, 0.29) is 5.91 Å². The minimum absolute atomic E-state index is 0.0972. The van der Waals surface area contributed by atoms with E-state index in [2.05, 4.69) is 34.4 Å². The van der Waals surface area contributed by atoms with Crippen LogP contribution in [0, 0.1) is 0 Å². The minimum atomic E-state index is -0.0972. The van der Waals surface area contributed by atoms with Crippen molar-refractivity contribution in [2.75, 3.05) is 11.4 Å². The summed E-state index contributed by atoms with van der Waals surface area (Å²) in [7, 11) is 0. The van der Waals surface area contributed by atoms with Gasteiger partial charge < -0.3 is 4.90 Å². The molecule has 1 amide bonds. The highest BCUT2D eigenvalue weighted by molar-refractivity contribution is 6.54. The number of carbonyl (C=O) groups excluding carboxylic acids is 1. The SMILES string of the molecule is CCCN1C(=O)/C(=N/N=C\c2cnn(Cc3ccccc3)c2)c2ccccc21. The normalized spacial score (nSPS) is 15.0. The molecule has 1 aliphatic rings. The number of nitrogens with zero attached hydrogens (tertiary/aromatic N) is 5. The van der Waals surface area contributed by atoms with Gasteiger partial charge in [-0.1, -0.05) is 55.5 Å². The largest absolute Gasteiger partial charge is 0.306 e. The van der Waals surface area contributed by atoms with Gasteiger partial charge in [-0.15, -0.1) is 5.10 Å². The van der Waals surface area contributed by atoms with Gasteiger partial charge in [0.25, 0.3) is 5.91 Å². The number of carbonyl (C=O) groups is 1. The van der Waals surface area contributed by atoms with Crippen molar-refractivity contribution >= 4 is 23.5 Å². The third kappa shape index (κ3) is 3.62. The van der Waals surface area contributed by atoms with Gasteiger partial charge in [-0.25, -0.2) is 0 Å². The van der Waals surface area contributed by atoms with Gasteiger partial charge in [-0.05, 0) is 18.1 Å². The first-order chi connectivity index (χ1) is 13.8. The summed E-state index contributed by atoms with van der Waals surface area (Å²) in [6.07, 6.45) is 6.15. The van der Waals surface area contributed by atoms with Crippen molar-refractivity contribution in [3.05, 3.63) is 83.7 Å². The van der Waals surface area contributed by atoms with E-state index in [1.807, 2.05) is 53.3 Å². The van der Waals surface area contributed by atoms with Crippen LogP contribution in [-0.2, 0) is 11.3 Å². The summed E-state index contributed by atoms with van der Waals surface area (Å²) < 4.78 is 1.85. The van der Waals surface area contributed by atoms with Crippen molar-refractivity contribution in [3.8, 4) is 0 Å². The molecular formula is C22H21N5O. The molecule has 3 aromatic rings. The highest BCUT2D eigenvalue weighted by atomic mass is 16.2. The number of hydrogen-bond acceptors (Lipinski definition) is 4. The first-order valence-electron chi connectivity index (χ1n) is 9.35. The van der Waals surface area contributed by atoms with Gasteiger partial charge in [0.1, 0.15) is 0 Å². The molecule has 0 saturated heterocycles. The third-order valence-electron chi connectivity index (χ3n) is 4.55. The molecule has 0 radical (unpaired) electrons. The van der Waals surface area contributed by atoms with Crippen molar-refractivity contribution < 1.29 is 4.79 Å². The summed E-state index contributed by atoms with van der Waals surface area (Å²) in [6, 6.07) is 17.8. The average Bonchev–Trinajstić information content (AvgIpc) is 3.27. The van der Waals surface area contributed by atoms with Crippen molar-refractivity contribution in [2.45, 2.75) is 19.9 Å². The maximum atomic E-state index is 12.7. The van der Waals surface area contributed by atoms with E-state index in [0.717, 1.165) is 23.2 Å². The molecule has 0 saturated carbocycles. The molecule has 1 aromatic heterocycles. The van der Waals surface area contributed by atoms with E-state index < -0.39 is 0 Å². The highest BCUT2D eigenvalue weighted by Crippen LogP contribution is 2.29. The topological polar surface area (TPSA) is 62.9 Å². The number of hydrogen-bond donors (Lipinski definition) is 0. The molecule has 2 aromatic carbocycles. The summed E-state index contributed by atoms with van der Waals surface area (Å²) in [5.41, 5.74) is 4.14. The molecule has 0 aliphatic carbocycles. The second-order valence-electron chi connectivity index (χ2n) is 6.62. The lowest BCUT2D eigenvalue weighted by Gasteiger charge is -2.14. The molecular weight excluding hydrogens is 350 g/mol. The van der Waals surface area contributed by atoms with Gasteiger partial charge in [-0.2, -0.15) is 10.2 Å². The van der Waals surface area contributed by atoms with Crippen LogP contribution in [0.1, 0.15) is 30.0 Å². The quantitative estimate of drug-likeness (QED) is 0.492. The monoisotopic (exact) mass is 371 g/mol. The van der Waals surface area contributed by atoms with E-state index in [9.17, 15) is 4.79 Å². The Morgan fingerprint density at radius 1 is 1.07 bits per heavy atom. The number of benzene rings is 2. The number of rotatable bonds is 6. The summed E-state index contributed by atoms with van der Waals surface area (Å²) in [6.45, 7) is 3.42. The zero-order valence-electron chi connectivity index (χ0n) is 15.7. The maximum Gasteiger partial charge on any atom is 0.279 e. The molecule has 0 N–H and O–H groups in total. The molecule has 4 rings (SSSR count). The van der Waals surface area contributed by atoms with E-state index in [4.69, 9.17) is 0 Å². The Balaban J connectivity index is 1.51. The standard InChI is InChI=1S/C22H21N5O/c1-2-12-27-20-11-7-6-10-19(20)21(22(27)28)25-23-13-18-14-24-26(16-18)15-17-8-4-3-5-9-17/h3-11,13-14,16H,2,12,15H2,1H3/b23-13-,25-21+. The van der Waals surface area contributed by atoms with Crippen LogP contribution in [0.5, 0.6) is 0 Å². The molecule has 0 spiro atoms. The van der Waals surface area contributed by atoms with Crippen LogP contribution in [0.15, 0.2) is 77.2 Å². The first kappa shape index (κ1) is 17.9. The van der Waals surface area contributed by atoms with Crippen molar-refractivity contribution in [1.82, 2.24) is 9.78 Å². The lowest BCUT2D eigenvalue weighted by Crippen LogP contribution is -2.30. The minimum Gasteiger partial charge on any atom is -0.306 e. The maximum absolute atomic E-state index is 12.7. The third-order valence-corrected chi connectivity index (χ3v) is 4.55. The van der Waals surface area contributed by atoms with Crippen LogP contribution in [0.3, 0.4) is 0 Å². The Labute approximate surface area is 163 Å². The predicted molar refractivity (Wildman–Crippen MR) is 111 cm³/mol. The van der Waals surface area contributed by atoms with Crippen molar-refractivity contribution in [1.29, 1.82) is 0 Å². The van der Waals surface area contributed by atoms with Crippen LogP contribution >= 0.6 is 0 Å². The second-order valence-corrected chi connectivity index (χ2v) is 6.62. The van der Waals surface area contributed by atoms with Crippen LogP contribution in [0.4, 0.5) is 5.69 Å². The fourth-order valence-electron chi connectivity index (χ4n) is 3.26. The fourth-order valence-corrected chi connectivity index (χ4v) is 3.26. The number of anilines is 1. The fraction of sp³-hybridized carbons (Fsp3) is 0.182. The van der Waals surface area contributed by atoms with Gasteiger partial charge in [0, 0.05) is 23.9 Å². The molecule has 2 heterocycles. The molecule has 6 nitrogen and oxygen atoms in total. The lowest BCUT2D eigenvalue weighted by molar-refractivity contribution is -0.112. The molecule has 0 unspecified atom stereocenters. The summed E-state index contributed by atoms with van der Waals surface area (Å²) in [5.74, 6) is -0.0972. The number of aromatic nitrogens is 2. The zero-order valence-corrected chi connectivity index (χ0v) is 15.7. The van der Waals surface area contributed by atoms with E-state index in [1.165, 1.54) is 5.56 Å². The predicted octanol–water partition coefficient (Wildman–Crippen LogP) is 3.51. The molecule has 0 bridgehead atoms. The average molecular weight is 371 g/mol. The molecule has 6 heteroatoms. The summed E-state index contributed by atoms with van der Waals surface area (Å²) in [5, 5.41) is 12.7. The van der Waals surface area contributed by atoms with Gasteiger partial charge in [0.15, 0.2) is 5.71 Å². The Kier molecular flexibility index (Phi) is 5.10. The van der Waals surface area contributed by atoms with E-state index >= 15 is 0 Å². The zero-order chi connectivity index (χ0) is 19.3.